The Morgan fingerprint density at radius 2 is 2.11 bits per heavy atom. The maximum atomic E-state index is 11.8. The van der Waals surface area contributed by atoms with Gasteiger partial charge in [0.1, 0.15) is 6.42 Å². The highest BCUT2D eigenvalue weighted by Gasteiger charge is 2.13. The third-order valence-electron chi connectivity index (χ3n) is 2.39. The Bertz CT molecular complexity index is 492. The molecule has 0 aliphatic carbocycles. The van der Waals surface area contributed by atoms with Crippen molar-refractivity contribution in [2.45, 2.75) is 26.2 Å². The van der Waals surface area contributed by atoms with E-state index in [4.69, 9.17) is 10.00 Å². The molecule has 5 heteroatoms. The maximum absolute atomic E-state index is 11.8. The van der Waals surface area contributed by atoms with E-state index in [-0.39, 0.29) is 6.42 Å². The zero-order valence-corrected chi connectivity index (χ0v) is 10.8. The molecule has 1 aromatic carbocycles. The monoisotopic (exact) mass is 260 g/mol. The van der Waals surface area contributed by atoms with E-state index in [2.05, 4.69) is 5.32 Å². The van der Waals surface area contributed by atoms with Gasteiger partial charge in [0, 0.05) is 0 Å². The number of esters is 1. The van der Waals surface area contributed by atoms with Crippen molar-refractivity contribution in [3.8, 4) is 6.07 Å². The van der Waals surface area contributed by atoms with E-state index in [0.29, 0.717) is 17.9 Å². The van der Waals surface area contributed by atoms with E-state index in [1.165, 1.54) is 0 Å². The van der Waals surface area contributed by atoms with Crippen LogP contribution in [0.4, 0.5) is 5.69 Å². The molecule has 5 nitrogen and oxygen atoms in total. The summed E-state index contributed by atoms with van der Waals surface area (Å²) in [7, 11) is 0. The predicted molar refractivity (Wildman–Crippen MR) is 70.5 cm³/mol. The van der Waals surface area contributed by atoms with E-state index >= 15 is 0 Å². The second-order valence-corrected chi connectivity index (χ2v) is 3.92. The summed E-state index contributed by atoms with van der Waals surface area (Å²) in [6.07, 6.45) is 1.49. The smallest absolute Gasteiger partial charge is 0.340 e. The number of nitrogens with one attached hydrogen (secondary N) is 1. The number of ether oxygens (including phenoxy) is 1. The zero-order chi connectivity index (χ0) is 14.1. The first kappa shape index (κ1) is 14.7. The van der Waals surface area contributed by atoms with Gasteiger partial charge in [0.05, 0.1) is 23.9 Å². The van der Waals surface area contributed by atoms with Crippen LogP contribution in [0.25, 0.3) is 0 Å². The molecule has 0 atom stereocenters. The Kier molecular flexibility index (Phi) is 6.10. The topological polar surface area (TPSA) is 79.2 Å². The van der Waals surface area contributed by atoms with Crippen molar-refractivity contribution in [3.63, 3.8) is 0 Å². The molecule has 1 amide bonds. The summed E-state index contributed by atoms with van der Waals surface area (Å²) in [4.78, 5) is 23.2. The molecule has 0 aliphatic rings. The number of rotatable bonds is 6. The number of carbonyl (C=O) groups is 2. The number of unbranched alkanes of at least 4 members (excludes halogenated alkanes) is 1. The highest BCUT2D eigenvalue weighted by Crippen LogP contribution is 2.16. The average Bonchev–Trinajstić information content (AvgIpc) is 2.39. The van der Waals surface area contributed by atoms with E-state index < -0.39 is 11.9 Å². The molecule has 0 heterocycles. The highest BCUT2D eigenvalue weighted by atomic mass is 16.5. The Hall–Kier alpha value is -2.35. The van der Waals surface area contributed by atoms with E-state index in [0.717, 1.165) is 12.8 Å². The van der Waals surface area contributed by atoms with Crippen LogP contribution in [0.1, 0.15) is 36.5 Å². The molecule has 0 spiro atoms. The minimum Gasteiger partial charge on any atom is -0.462 e. The van der Waals surface area contributed by atoms with Crippen molar-refractivity contribution in [3.05, 3.63) is 29.8 Å². The van der Waals surface area contributed by atoms with Gasteiger partial charge in [-0.15, -0.1) is 0 Å². The van der Waals surface area contributed by atoms with Gasteiger partial charge in [-0.05, 0) is 18.6 Å². The van der Waals surface area contributed by atoms with E-state index in [9.17, 15) is 9.59 Å². The van der Waals surface area contributed by atoms with Gasteiger partial charge >= 0.3 is 5.97 Å². The molecule has 0 aliphatic heterocycles. The van der Waals surface area contributed by atoms with Gasteiger partial charge in [0.15, 0.2) is 0 Å². The van der Waals surface area contributed by atoms with Crippen LogP contribution in [0.2, 0.25) is 0 Å². The third-order valence-corrected chi connectivity index (χ3v) is 2.39. The number of para-hydroxylation sites is 1. The number of anilines is 1. The third kappa shape index (κ3) is 4.80. The Balaban J connectivity index is 2.75. The summed E-state index contributed by atoms with van der Waals surface area (Å²) in [5, 5.41) is 11.0. The molecule has 0 aromatic heterocycles. The number of nitriles is 1. The Morgan fingerprint density at radius 3 is 2.79 bits per heavy atom. The lowest BCUT2D eigenvalue weighted by Gasteiger charge is -2.09. The maximum Gasteiger partial charge on any atom is 0.340 e. The lowest BCUT2D eigenvalue weighted by Crippen LogP contribution is -2.15. The summed E-state index contributed by atoms with van der Waals surface area (Å²) >= 11 is 0. The summed E-state index contributed by atoms with van der Waals surface area (Å²) in [6.45, 7) is 2.36. The van der Waals surface area contributed by atoms with Crippen LogP contribution < -0.4 is 5.32 Å². The minimum atomic E-state index is -0.471. The lowest BCUT2D eigenvalue weighted by atomic mass is 10.1. The number of carbonyl (C=O) groups excluding carboxylic acids is 2. The van der Waals surface area contributed by atoms with Gasteiger partial charge < -0.3 is 10.1 Å². The molecule has 1 rings (SSSR count). The van der Waals surface area contributed by atoms with Gasteiger partial charge in [0.25, 0.3) is 0 Å². The molecule has 0 radical (unpaired) electrons. The minimum absolute atomic E-state index is 0.251. The predicted octanol–water partition coefficient (Wildman–Crippen LogP) is 2.50. The molecule has 0 saturated carbocycles. The summed E-state index contributed by atoms with van der Waals surface area (Å²) in [5.41, 5.74) is 0.661. The van der Waals surface area contributed by atoms with Crippen LogP contribution in [-0.2, 0) is 9.53 Å². The van der Waals surface area contributed by atoms with Gasteiger partial charge in [-0.2, -0.15) is 5.26 Å². The largest absolute Gasteiger partial charge is 0.462 e. The summed E-state index contributed by atoms with van der Waals surface area (Å²) in [6, 6.07) is 8.32. The first-order valence-electron chi connectivity index (χ1n) is 6.12. The second-order valence-electron chi connectivity index (χ2n) is 3.92. The first-order chi connectivity index (χ1) is 9.19. The average molecular weight is 260 g/mol. The molecule has 1 aromatic rings. The fourth-order valence-electron chi connectivity index (χ4n) is 1.42. The van der Waals surface area contributed by atoms with Gasteiger partial charge in [-0.3, -0.25) is 4.79 Å². The number of nitrogens with zero attached hydrogens (tertiary/aromatic N) is 1. The number of hydrogen-bond acceptors (Lipinski definition) is 4. The van der Waals surface area contributed by atoms with Gasteiger partial charge in [-0.1, -0.05) is 25.5 Å². The molecule has 19 heavy (non-hydrogen) atoms. The number of amides is 1. The molecule has 0 fully saturated rings. The highest BCUT2D eigenvalue weighted by molar-refractivity contribution is 6.01. The molecule has 0 saturated heterocycles. The van der Waals surface area contributed by atoms with Crippen LogP contribution >= 0.6 is 0 Å². The number of hydrogen-bond donors (Lipinski definition) is 1. The number of benzene rings is 1. The zero-order valence-electron chi connectivity index (χ0n) is 10.8. The summed E-state index contributed by atoms with van der Waals surface area (Å²) in [5.74, 6) is -0.919. The van der Waals surface area contributed by atoms with Crippen molar-refractivity contribution in [2.24, 2.45) is 0 Å². The van der Waals surface area contributed by atoms with Crippen LogP contribution in [0.3, 0.4) is 0 Å². The molecular weight excluding hydrogens is 244 g/mol. The van der Waals surface area contributed by atoms with E-state index in [1.807, 2.05) is 6.92 Å². The van der Waals surface area contributed by atoms with Gasteiger partial charge in [0.2, 0.25) is 5.91 Å². The fourth-order valence-corrected chi connectivity index (χ4v) is 1.42. The Morgan fingerprint density at radius 1 is 1.37 bits per heavy atom. The van der Waals surface area contributed by atoms with Crippen LogP contribution in [-0.4, -0.2) is 18.5 Å². The quantitative estimate of drug-likeness (QED) is 0.629. The molecule has 0 bridgehead atoms. The van der Waals surface area contributed by atoms with Crippen molar-refractivity contribution in [2.75, 3.05) is 11.9 Å². The van der Waals surface area contributed by atoms with Crippen LogP contribution in [0.15, 0.2) is 24.3 Å². The van der Waals surface area contributed by atoms with Crippen molar-refractivity contribution in [1.82, 2.24) is 0 Å². The molecule has 1 N–H and O–H groups in total. The second kappa shape index (κ2) is 7.88. The molecule has 0 unspecified atom stereocenters. The van der Waals surface area contributed by atoms with E-state index in [1.54, 1.807) is 30.3 Å². The molecule has 100 valence electrons. The SMILES string of the molecule is CCCCOC(=O)c1ccccc1NC(=O)CC#N. The Labute approximate surface area is 112 Å². The van der Waals surface area contributed by atoms with Crippen LogP contribution in [0, 0.1) is 11.3 Å². The standard InChI is InChI=1S/C14H16N2O3/c1-2-3-10-19-14(18)11-6-4-5-7-12(11)16-13(17)8-9-15/h4-7H,2-3,8,10H2,1H3,(H,16,17). The van der Waals surface area contributed by atoms with Crippen LogP contribution in [0.5, 0.6) is 0 Å². The normalized spacial score (nSPS) is 9.47. The van der Waals surface area contributed by atoms with Crippen molar-refractivity contribution >= 4 is 17.6 Å². The van der Waals surface area contributed by atoms with Crippen molar-refractivity contribution < 1.29 is 14.3 Å². The molecular formula is C14H16N2O3. The summed E-state index contributed by atoms with van der Waals surface area (Å²) < 4.78 is 5.10. The first-order valence-corrected chi connectivity index (χ1v) is 6.12. The lowest BCUT2D eigenvalue weighted by molar-refractivity contribution is -0.115. The van der Waals surface area contributed by atoms with Gasteiger partial charge in [-0.25, -0.2) is 4.79 Å². The fraction of sp³-hybridized carbons (Fsp3) is 0.357. The van der Waals surface area contributed by atoms with Crippen molar-refractivity contribution in [1.29, 1.82) is 5.26 Å².